The fourth-order valence-electron chi connectivity index (χ4n) is 2.47. The van der Waals surface area contributed by atoms with Crippen molar-refractivity contribution in [1.29, 1.82) is 0 Å². The number of nitrogens with one attached hydrogen (secondary N) is 1. The van der Waals surface area contributed by atoms with Gasteiger partial charge in [-0.25, -0.2) is 13.1 Å². The Kier molecular flexibility index (Phi) is 7.17. The van der Waals surface area contributed by atoms with E-state index in [2.05, 4.69) is 4.72 Å². The second-order valence-corrected chi connectivity index (χ2v) is 7.68. The average Bonchev–Trinajstić information content (AvgIpc) is 2.59. The van der Waals surface area contributed by atoms with Crippen molar-refractivity contribution in [3.63, 3.8) is 0 Å². The monoisotopic (exact) mass is 377 g/mol. The fraction of sp³-hybridized carbons (Fsp3) is 0.316. The molecule has 0 saturated heterocycles. The van der Waals surface area contributed by atoms with E-state index in [1.54, 1.807) is 54.6 Å². The lowest BCUT2D eigenvalue weighted by atomic mass is 10.0. The van der Waals surface area contributed by atoms with Crippen LogP contribution in [0.4, 0.5) is 0 Å². The first-order valence-corrected chi connectivity index (χ1v) is 10.0. The molecule has 0 amide bonds. The molecule has 6 nitrogen and oxygen atoms in total. The van der Waals surface area contributed by atoms with Crippen LogP contribution in [-0.2, 0) is 20.6 Å². The van der Waals surface area contributed by atoms with Gasteiger partial charge in [-0.05, 0) is 29.7 Å². The first-order valence-electron chi connectivity index (χ1n) is 8.38. The molecule has 0 unspecified atom stereocenters. The molecule has 2 aromatic carbocycles. The van der Waals surface area contributed by atoms with Crippen molar-refractivity contribution < 1.29 is 23.1 Å². The molecule has 26 heavy (non-hydrogen) atoms. The van der Waals surface area contributed by atoms with Gasteiger partial charge < -0.3 is 9.84 Å². The SMILES string of the molecule is CCCOc1ccc([C@H](CC(=O)O)NS(=O)(=O)Cc2ccccc2)cc1. The maximum Gasteiger partial charge on any atom is 0.305 e. The summed E-state index contributed by atoms with van der Waals surface area (Å²) in [7, 11) is -3.70. The van der Waals surface area contributed by atoms with E-state index in [0.29, 0.717) is 23.5 Å². The highest BCUT2D eigenvalue weighted by Gasteiger charge is 2.22. The number of hydrogen-bond donors (Lipinski definition) is 2. The van der Waals surface area contributed by atoms with Gasteiger partial charge >= 0.3 is 5.97 Å². The normalized spacial score (nSPS) is 12.5. The predicted octanol–water partition coefficient (Wildman–Crippen LogP) is 3.11. The Morgan fingerprint density at radius 1 is 1.12 bits per heavy atom. The van der Waals surface area contributed by atoms with Crippen LogP contribution in [-0.4, -0.2) is 26.1 Å². The zero-order chi connectivity index (χ0) is 19.0. The predicted molar refractivity (Wildman–Crippen MR) is 99.4 cm³/mol. The van der Waals surface area contributed by atoms with Crippen molar-refractivity contribution in [1.82, 2.24) is 4.72 Å². The van der Waals surface area contributed by atoms with Crippen molar-refractivity contribution in [3.05, 3.63) is 65.7 Å². The maximum atomic E-state index is 12.4. The average molecular weight is 377 g/mol. The lowest BCUT2D eigenvalue weighted by Crippen LogP contribution is -2.31. The molecular weight excluding hydrogens is 354 g/mol. The number of hydrogen-bond acceptors (Lipinski definition) is 4. The van der Waals surface area contributed by atoms with E-state index in [4.69, 9.17) is 9.84 Å². The minimum absolute atomic E-state index is 0.207. The number of carbonyl (C=O) groups is 1. The van der Waals surface area contributed by atoms with Gasteiger partial charge in [0.25, 0.3) is 0 Å². The first kappa shape index (κ1) is 19.9. The number of benzene rings is 2. The largest absolute Gasteiger partial charge is 0.494 e. The van der Waals surface area contributed by atoms with Crippen LogP contribution in [0.25, 0.3) is 0 Å². The number of aliphatic carboxylic acids is 1. The van der Waals surface area contributed by atoms with Crippen molar-refractivity contribution >= 4 is 16.0 Å². The van der Waals surface area contributed by atoms with Crippen molar-refractivity contribution in [2.45, 2.75) is 31.6 Å². The summed E-state index contributed by atoms with van der Waals surface area (Å²) in [6.45, 7) is 2.58. The van der Waals surface area contributed by atoms with Gasteiger partial charge in [0.2, 0.25) is 10.0 Å². The number of ether oxygens (including phenoxy) is 1. The van der Waals surface area contributed by atoms with Gasteiger partial charge in [-0.3, -0.25) is 4.79 Å². The molecule has 0 aromatic heterocycles. The Morgan fingerprint density at radius 2 is 1.77 bits per heavy atom. The summed E-state index contributed by atoms with van der Waals surface area (Å²) in [4.78, 5) is 11.2. The summed E-state index contributed by atoms with van der Waals surface area (Å²) in [5.41, 5.74) is 1.21. The number of sulfonamides is 1. The van der Waals surface area contributed by atoms with Crippen LogP contribution in [0.1, 0.15) is 36.9 Å². The van der Waals surface area contributed by atoms with Crippen molar-refractivity contribution in [2.24, 2.45) is 0 Å². The van der Waals surface area contributed by atoms with Gasteiger partial charge in [-0.15, -0.1) is 0 Å². The molecule has 2 N–H and O–H groups in total. The minimum Gasteiger partial charge on any atom is -0.494 e. The summed E-state index contributed by atoms with van der Waals surface area (Å²) in [6, 6.07) is 14.7. The summed E-state index contributed by atoms with van der Waals surface area (Å²) < 4.78 is 32.9. The zero-order valence-electron chi connectivity index (χ0n) is 14.6. The minimum atomic E-state index is -3.70. The van der Waals surface area contributed by atoms with Gasteiger partial charge in [-0.2, -0.15) is 0 Å². The number of rotatable bonds is 10. The third-order valence-electron chi connectivity index (χ3n) is 3.66. The lowest BCUT2D eigenvalue weighted by Gasteiger charge is -2.18. The molecule has 0 aliphatic rings. The van der Waals surface area contributed by atoms with E-state index >= 15 is 0 Å². The highest BCUT2D eigenvalue weighted by molar-refractivity contribution is 7.88. The molecule has 0 heterocycles. The van der Waals surface area contributed by atoms with Crippen molar-refractivity contribution in [2.75, 3.05) is 6.61 Å². The third kappa shape index (κ3) is 6.50. The summed E-state index contributed by atoms with van der Waals surface area (Å²) in [5.74, 6) is -0.623. The van der Waals surface area contributed by atoms with Gasteiger partial charge in [-0.1, -0.05) is 49.4 Å². The quantitative estimate of drug-likeness (QED) is 0.664. The van der Waals surface area contributed by atoms with Crippen LogP contribution in [0.15, 0.2) is 54.6 Å². The second kappa shape index (κ2) is 9.35. The van der Waals surface area contributed by atoms with E-state index in [-0.39, 0.29) is 12.2 Å². The molecule has 0 radical (unpaired) electrons. The molecule has 2 rings (SSSR count). The highest BCUT2D eigenvalue weighted by atomic mass is 32.2. The fourth-order valence-corrected chi connectivity index (χ4v) is 3.84. The number of carboxylic acid groups (broad SMARTS) is 1. The summed E-state index contributed by atoms with van der Waals surface area (Å²) in [5, 5.41) is 9.14. The van der Waals surface area contributed by atoms with Crippen molar-refractivity contribution in [3.8, 4) is 5.75 Å². The Balaban J connectivity index is 2.14. The zero-order valence-corrected chi connectivity index (χ0v) is 15.4. The van der Waals surface area contributed by atoms with Gasteiger partial charge in [0.15, 0.2) is 0 Å². The topological polar surface area (TPSA) is 92.7 Å². The smallest absolute Gasteiger partial charge is 0.305 e. The Morgan fingerprint density at radius 3 is 2.35 bits per heavy atom. The molecule has 0 bridgehead atoms. The van der Waals surface area contributed by atoms with E-state index in [0.717, 1.165) is 6.42 Å². The van der Waals surface area contributed by atoms with Crippen LogP contribution >= 0.6 is 0 Å². The molecule has 140 valence electrons. The molecule has 7 heteroatoms. The lowest BCUT2D eigenvalue weighted by molar-refractivity contribution is -0.137. The van der Waals surface area contributed by atoms with Crippen LogP contribution in [0.5, 0.6) is 5.75 Å². The van der Waals surface area contributed by atoms with E-state index in [1.165, 1.54) is 0 Å². The Bertz CT molecular complexity index is 804. The van der Waals surface area contributed by atoms with Gasteiger partial charge in [0.1, 0.15) is 5.75 Å². The molecule has 0 aliphatic heterocycles. The summed E-state index contributed by atoms with van der Waals surface area (Å²) in [6.07, 6.45) is 0.534. The molecule has 0 saturated carbocycles. The van der Waals surface area contributed by atoms with Crippen LogP contribution < -0.4 is 9.46 Å². The standard InChI is InChI=1S/C19H23NO5S/c1-2-12-25-17-10-8-16(9-11-17)18(13-19(21)22)20-26(23,24)14-15-6-4-3-5-7-15/h3-11,18,20H,2,12-14H2,1H3,(H,21,22)/t18-/m0/s1. The molecule has 0 fully saturated rings. The molecule has 1 atom stereocenters. The highest BCUT2D eigenvalue weighted by Crippen LogP contribution is 2.22. The van der Waals surface area contributed by atoms with E-state index < -0.39 is 22.0 Å². The molecular formula is C19H23NO5S. The van der Waals surface area contributed by atoms with Crippen LogP contribution in [0, 0.1) is 0 Å². The Hall–Kier alpha value is -2.38. The van der Waals surface area contributed by atoms with Crippen LogP contribution in [0.3, 0.4) is 0 Å². The third-order valence-corrected chi connectivity index (χ3v) is 5.01. The maximum absolute atomic E-state index is 12.4. The molecule has 0 spiro atoms. The molecule has 2 aromatic rings. The van der Waals surface area contributed by atoms with E-state index in [9.17, 15) is 13.2 Å². The van der Waals surface area contributed by atoms with Gasteiger partial charge in [0.05, 0.1) is 24.8 Å². The second-order valence-electron chi connectivity index (χ2n) is 5.93. The number of carboxylic acids is 1. The first-order chi connectivity index (χ1) is 12.4. The molecule has 0 aliphatic carbocycles. The Labute approximate surface area is 153 Å². The van der Waals surface area contributed by atoms with Gasteiger partial charge in [0, 0.05) is 0 Å². The van der Waals surface area contributed by atoms with Crippen LogP contribution in [0.2, 0.25) is 0 Å². The van der Waals surface area contributed by atoms with E-state index in [1.807, 2.05) is 6.92 Å². The summed E-state index contributed by atoms with van der Waals surface area (Å²) >= 11 is 0.